The Morgan fingerprint density at radius 1 is 1.44 bits per heavy atom. The first-order chi connectivity index (χ1) is 7.59. The van der Waals surface area contributed by atoms with Crippen LogP contribution in [0, 0.1) is 6.92 Å². The molecule has 0 radical (unpaired) electrons. The summed E-state index contributed by atoms with van der Waals surface area (Å²) in [5.41, 5.74) is 6.33. The van der Waals surface area contributed by atoms with E-state index in [1.165, 1.54) is 10.9 Å². The van der Waals surface area contributed by atoms with E-state index in [0.717, 1.165) is 5.69 Å². The number of hydrogen-bond acceptors (Lipinski definition) is 5. The van der Waals surface area contributed by atoms with Crippen LogP contribution in [0.3, 0.4) is 0 Å². The molecule has 7 nitrogen and oxygen atoms in total. The molecule has 0 saturated carbocycles. The molecule has 0 aliphatic rings. The van der Waals surface area contributed by atoms with Gasteiger partial charge in [0.15, 0.2) is 5.82 Å². The van der Waals surface area contributed by atoms with E-state index in [1.807, 2.05) is 0 Å². The zero-order chi connectivity index (χ0) is 11.7. The Morgan fingerprint density at radius 3 is 2.69 bits per heavy atom. The minimum Gasteiger partial charge on any atom is -0.477 e. The molecule has 82 valence electrons. The molecule has 16 heavy (non-hydrogen) atoms. The summed E-state index contributed by atoms with van der Waals surface area (Å²) in [5.74, 6) is -0.704. The van der Waals surface area contributed by atoms with Crippen LogP contribution in [0.4, 0.5) is 5.82 Å². The molecule has 2 aromatic rings. The van der Waals surface area contributed by atoms with Crippen LogP contribution >= 0.6 is 0 Å². The van der Waals surface area contributed by atoms with E-state index in [9.17, 15) is 4.79 Å². The maximum Gasteiger partial charge on any atom is 0.341 e. The third-order valence-corrected chi connectivity index (χ3v) is 2.04. The normalized spacial score (nSPS) is 10.3. The van der Waals surface area contributed by atoms with Gasteiger partial charge in [0.2, 0.25) is 0 Å². The molecule has 0 fully saturated rings. The van der Waals surface area contributed by atoms with Crippen molar-refractivity contribution in [2.24, 2.45) is 0 Å². The second-order valence-corrected chi connectivity index (χ2v) is 3.19. The Bertz CT molecular complexity index is 531. The van der Waals surface area contributed by atoms with Gasteiger partial charge < -0.3 is 10.8 Å². The number of carboxylic acids is 1. The number of nitrogens with zero attached hydrogens (tertiary/aromatic N) is 4. The molecule has 2 rings (SSSR count). The van der Waals surface area contributed by atoms with Crippen LogP contribution in [-0.2, 0) is 0 Å². The number of rotatable bonds is 2. The number of aryl methyl sites for hydroxylation is 1. The summed E-state index contributed by atoms with van der Waals surface area (Å²) in [4.78, 5) is 10.8. The summed E-state index contributed by atoms with van der Waals surface area (Å²) >= 11 is 0. The lowest BCUT2D eigenvalue weighted by Gasteiger charge is -2.02. The van der Waals surface area contributed by atoms with E-state index in [-0.39, 0.29) is 11.4 Å². The van der Waals surface area contributed by atoms with Gasteiger partial charge in [-0.25, -0.2) is 4.79 Å². The molecular weight excluding hydrogens is 210 g/mol. The largest absolute Gasteiger partial charge is 0.477 e. The highest BCUT2D eigenvalue weighted by Gasteiger charge is 2.15. The summed E-state index contributed by atoms with van der Waals surface area (Å²) < 4.78 is 1.23. The molecule has 0 aliphatic heterocycles. The Morgan fingerprint density at radius 2 is 2.19 bits per heavy atom. The van der Waals surface area contributed by atoms with Crippen LogP contribution < -0.4 is 5.73 Å². The molecule has 0 atom stereocenters. The van der Waals surface area contributed by atoms with E-state index in [2.05, 4.69) is 15.3 Å². The molecule has 7 heteroatoms. The van der Waals surface area contributed by atoms with Gasteiger partial charge in [0, 0.05) is 0 Å². The van der Waals surface area contributed by atoms with Gasteiger partial charge in [-0.1, -0.05) is 0 Å². The first-order valence-electron chi connectivity index (χ1n) is 4.47. The molecule has 0 unspecified atom stereocenters. The lowest BCUT2D eigenvalue weighted by Crippen LogP contribution is -2.07. The molecular formula is C9H9N5O2. The van der Waals surface area contributed by atoms with Crippen molar-refractivity contribution in [2.75, 3.05) is 5.73 Å². The molecule has 0 bridgehead atoms. The average Bonchev–Trinajstić information content (AvgIpc) is 2.61. The van der Waals surface area contributed by atoms with Gasteiger partial charge in [0.25, 0.3) is 0 Å². The number of carboxylic acid groups (broad SMARTS) is 1. The number of nitrogens with two attached hydrogens (primary N) is 1. The topological polar surface area (TPSA) is 107 Å². The first-order valence-corrected chi connectivity index (χ1v) is 4.47. The summed E-state index contributed by atoms with van der Waals surface area (Å²) in [5, 5.41) is 20.3. The van der Waals surface area contributed by atoms with Gasteiger partial charge >= 0.3 is 5.97 Å². The molecule has 2 heterocycles. The number of nitrogen functional groups attached to an aromatic ring is 1. The van der Waals surface area contributed by atoms with E-state index >= 15 is 0 Å². The van der Waals surface area contributed by atoms with Crippen LogP contribution in [0.2, 0.25) is 0 Å². The van der Waals surface area contributed by atoms with Gasteiger partial charge in [0.05, 0.1) is 11.9 Å². The van der Waals surface area contributed by atoms with Crippen molar-refractivity contribution in [1.29, 1.82) is 0 Å². The predicted molar refractivity (Wildman–Crippen MR) is 55.3 cm³/mol. The molecule has 0 saturated heterocycles. The fourth-order valence-corrected chi connectivity index (χ4v) is 1.21. The number of anilines is 1. The molecule has 0 aliphatic carbocycles. The molecule has 0 amide bonds. The lowest BCUT2D eigenvalue weighted by atomic mass is 10.3. The van der Waals surface area contributed by atoms with E-state index in [0.29, 0.717) is 5.82 Å². The highest BCUT2D eigenvalue weighted by atomic mass is 16.4. The quantitative estimate of drug-likeness (QED) is 0.749. The maximum absolute atomic E-state index is 10.8. The van der Waals surface area contributed by atoms with Gasteiger partial charge in [-0.15, -0.1) is 5.10 Å². The summed E-state index contributed by atoms with van der Waals surface area (Å²) in [7, 11) is 0. The summed E-state index contributed by atoms with van der Waals surface area (Å²) in [6.07, 6.45) is 1.18. The Labute approximate surface area is 90.5 Å². The Balaban J connectivity index is 2.49. The second kappa shape index (κ2) is 3.61. The smallest absolute Gasteiger partial charge is 0.341 e. The van der Waals surface area contributed by atoms with Crippen molar-refractivity contribution in [3.63, 3.8) is 0 Å². The van der Waals surface area contributed by atoms with Crippen molar-refractivity contribution < 1.29 is 9.90 Å². The zero-order valence-corrected chi connectivity index (χ0v) is 8.45. The highest BCUT2D eigenvalue weighted by molar-refractivity contribution is 5.92. The molecule has 0 aromatic carbocycles. The van der Waals surface area contributed by atoms with Gasteiger partial charge in [0.1, 0.15) is 11.4 Å². The first kappa shape index (κ1) is 10.1. The minimum atomic E-state index is -1.12. The monoisotopic (exact) mass is 219 g/mol. The molecule has 3 N–H and O–H groups in total. The van der Waals surface area contributed by atoms with Crippen molar-refractivity contribution in [2.45, 2.75) is 6.92 Å². The van der Waals surface area contributed by atoms with Crippen LogP contribution in [0.15, 0.2) is 18.3 Å². The van der Waals surface area contributed by atoms with E-state index < -0.39 is 5.97 Å². The fourth-order valence-electron chi connectivity index (χ4n) is 1.21. The van der Waals surface area contributed by atoms with Gasteiger partial charge in [-0.2, -0.15) is 14.9 Å². The fraction of sp³-hybridized carbons (Fsp3) is 0.111. The molecule has 2 aromatic heterocycles. The average molecular weight is 219 g/mol. The van der Waals surface area contributed by atoms with Gasteiger partial charge in [-0.3, -0.25) is 0 Å². The number of aromatic nitrogens is 4. The number of aromatic carboxylic acids is 1. The van der Waals surface area contributed by atoms with Crippen molar-refractivity contribution in [3.05, 3.63) is 29.6 Å². The SMILES string of the molecule is Cc1ccc(-n2ncc(C(=O)O)c2N)nn1. The summed E-state index contributed by atoms with van der Waals surface area (Å²) in [6, 6.07) is 3.40. The highest BCUT2D eigenvalue weighted by Crippen LogP contribution is 2.14. The van der Waals surface area contributed by atoms with Crippen LogP contribution in [-0.4, -0.2) is 31.1 Å². The maximum atomic E-state index is 10.8. The van der Waals surface area contributed by atoms with Crippen molar-refractivity contribution in [3.8, 4) is 5.82 Å². The third kappa shape index (κ3) is 1.58. The molecule has 0 spiro atoms. The number of hydrogen-bond donors (Lipinski definition) is 2. The van der Waals surface area contributed by atoms with Crippen LogP contribution in [0.25, 0.3) is 5.82 Å². The zero-order valence-electron chi connectivity index (χ0n) is 8.45. The third-order valence-electron chi connectivity index (χ3n) is 2.04. The van der Waals surface area contributed by atoms with Gasteiger partial charge in [-0.05, 0) is 19.1 Å². The van der Waals surface area contributed by atoms with Crippen molar-refractivity contribution in [1.82, 2.24) is 20.0 Å². The summed E-state index contributed by atoms with van der Waals surface area (Å²) in [6.45, 7) is 1.80. The standard InChI is InChI=1S/C9H9N5O2/c1-5-2-3-7(13-12-5)14-8(10)6(4-11-14)9(15)16/h2-4H,10H2,1H3,(H,15,16). The lowest BCUT2D eigenvalue weighted by molar-refractivity contribution is 0.0698. The van der Waals surface area contributed by atoms with E-state index in [1.54, 1.807) is 19.1 Å². The number of carbonyl (C=O) groups is 1. The predicted octanol–water partition coefficient (Wildman–Crippen LogP) is 0.251. The second-order valence-electron chi connectivity index (χ2n) is 3.19. The Kier molecular flexibility index (Phi) is 2.28. The minimum absolute atomic E-state index is 0.0330. The van der Waals surface area contributed by atoms with Crippen molar-refractivity contribution >= 4 is 11.8 Å². The Hall–Kier alpha value is -2.44. The van der Waals surface area contributed by atoms with Crippen LogP contribution in [0.1, 0.15) is 16.1 Å². The van der Waals surface area contributed by atoms with E-state index in [4.69, 9.17) is 10.8 Å². The van der Waals surface area contributed by atoms with Crippen LogP contribution in [0.5, 0.6) is 0 Å².